The van der Waals surface area contributed by atoms with Crippen LogP contribution in [0.25, 0.3) is 0 Å². The molecule has 0 bridgehead atoms. The van der Waals surface area contributed by atoms with Crippen LogP contribution in [0.3, 0.4) is 0 Å². The lowest BCUT2D eigenvalue weighted by Gasteiger charge is -2.28. The Morgan fingerprint density at radius 2 is 1.96 bits per heavy atom. The molecule has 1 amide bonds. The fourth-order valence-corrected chi connectivity index (χ4v) is 3.11. The molecule has 5 heteroatoms. The van der Waals surface area contributed by atoms with Gasteiger partial charge in [0.05, 0.1) is 24.6 Å². The lowest BCUT2D eigenvalue weighted by atomic mass is 9.96. The Morgan fingerprint density at radius 3 is 2.64 bits per heavy atom. The third kappa shape index (κ3) is 3.82. The van der Waals surface area contributed by atoms with Crippen LogP contribution in [-0.2, 0) is 17.6 Å². The van der Waals surface area contributed by atoms with Crippen LogP contribution in [0.1, 0.15) is 46.4 Å². The van der Waals surface area contributed by atoms with Gasteiger partial charge in [0.15, 0.2) is 0 Å². The van der Waals surface area contributed by atoms with E-state index in [1.807, 2.05) is 18.2 Å². The Labute approximate surface area is 146 Å². The Hall–Kier alpha value is -2.82. The average molecular weight is 339 g/mol. The second kappa shape index (κ2) is 7.38. The predicted molar refractivity (Wildman–Crippen MR) is 93.9 cm³/mol. The highest BCUT2D eigenvalue weighted by Gasteiger charge is 2.24. The first-order valence-electron chi connectivity index (χ1n) is 8.44. The van der Waals surface area contributed by atoms with Crippen molar-refractivity contribution in [3.63, 3.8) is 0 Å². The molecule has 1 unspecified atom stereocenters. The predicted octanol–water partition coefficient (Wildman–Crippen LogP) is 3.13. The fourth-order valence-electron chi connectivity index (χ4n) is 3.11. The van der Waals surface area contributed by atoms with Crippen LogP contribution in [0.5, 0.6) is 5.75 Å². The SMILES string of the molecule is CCc1cccc2c1OCCC2NC(=O)Cc1ccc(C(=O)O)cc1. The summed E-state index contributed by atoms with van der Waals surface area (Å²) in [6.07, 6.45) is 1.85. The second-order valence-electron chi connectivity index (χ2n) is 6.13. The number of aryl methyl sites for hydroxylation is 1. The molecule has 2 N–H and O–H groups in total. The number of rotatable bonds is 5. The lowest BCUT2D eigenvalue weighted by Crippen LogP contribution is -2.33. The van der Waals surface area contributed by atoms with E-state index in [1.165, 1.54) is 12.1 Å². The van der Waals surface area contributed by atoms with E-state index >= 15 is 0 Å². The summed E-state index contributed by atoms with van der Waals surface area (Å²) in [5, 5.41) is 12.0. The van der Waals surface area contributed by atoms with Gasteiger partial charge in [0.2, 0.25) is 5.91 Å². The molecule has 0 saturated carbocycles. The van der Waals surface area contributed by atoms with E-state index in [0.29, 0.717) is 6.61 Å². The third-order valence-corrected chi connectivity index (χ3v) is 4.44. The van der Waals surface area contributed by atoms with Gasteiger partial charge in [0, 0.05) is 12.0 Å². The van der Waals surface area contributed by atoms with E-state index in [-0.39, 0.29) is 23.9 Å². The van der Waals surface area contributed by atoms with Crippen molar-refractivity contribution >= 4 is 11.9 Å². The smallest absolute Gasteiger partial charge is 0.335 e. The van der Waals surface area contributed by atoms with Gasteiger partial charge in [-0.25, -0.2) is 4.79 Å². The van der Waals surface area contributed by atoms with Crippen LogP contribution >= 0.6 is 0 Å². The number of hydrogen-bond acceptors (Lipinski definition) is 3. The Kier molecular flexibility index (Phi) is 5.03. The van der Waals surface area contributed by atoms with Crippen molar-refractivity contribution < 1.29 is 19.4 Å². The highest BCUT2D eigenvalue weighted by atomic mass is 16.5. The lowest BCUT2D eigenvalue weighted by molar-refractivity contribution is -0.121. The molecule has 0 aliphatic carbocycles. The Balaban J connectivity index is 1.69. The largest absolute Gasteiger partial charge is 0.493 e. The third-order valence-electron chi connectivity index (χ3n) is 4.44. The van der Waals surface area contributed by atoms with Crippen molar-refractivity contribution in [1.29, 1.82) is 0 Å². The molecule has 0 saturated heterocycles. The van der Waals surface area contributed by atoms with Gasteiger partial charge >= 0.3 is 5.97 Å². The standard InChI is InChI=1S/C20H21NO4/c1-2-14-4-3-5-16-17(10-11-25-19(14)16)21-18(22)12-13-6-8-15(9-7-13)20(23)24/h3-9,17H,2,10-12H2,1H3,(H,21,22)(H,23,24). The number of carbonyl (C=O) groups is 2. The van der Waals surface area contributed by atoms with Gasteiger partial charge in [-0.2, -0.15) is 0 Å². The number of carboxylic acid groups (broad SMARTS) is 1. The molecule has 2 aromatic carbocycles. The van der Waals surface area contributed by atoms with Crippen molar-refractivity contribution in [1.82, 2.24) is 5.32 Å². The zero-order valence-corrected chi connectivity index (χ0v) is 14.1. The molecule has 1 aliphatic rings. The van der Waals surface area contributed by atoms with Gasteiger partial charge in [0.25, 0.3) is 0 Å². The fraction of sp³-hybridized carbons (Fsp3) is 0.300. The maximum Gasteiger partial charge on any atom is 0.335 e. The quantitative estimate of drug-likeness (QED) is 0.877. The normalized spacial score (nSPS) is 15.8. The van der Waals surface area contributed by atoms with Crippen molar-refractivity contribution in [2.45, 2.75) is 32.2 Å². The van der Waals surface area contributed by atoms with Crippen LogP contribution in [0, 0.1) is 0 Å². The zero-order chi connectivity index (χ0) is 17.8. The molecule has 1 atom stereocenters. The summed E-state index contributed by atoms with van der Waals surface area (Å²) in [5.74, 6) is -0.156. The van der Waals surface area contributed by atoms with Crippen molar-refractivity contribution in [3.05, 3.63) is 64.7 Å². The summed E-state index contributed by atoms with van der Waals surface area (Å²) < 4.78 is 5.80. The van der Waals surface area contributed by atoms with Crippen LogP contribution in [0.2, 0.25) is 0 Å². The van der Waals surface area contributed by atoms with Crippen LogP contribution < -0.4 is 10.1 Å². The molecule has 0 spiro atoms. The number of hydrogen-bond donors (Lipinski definition) is 2. The minimum absolute atomic E-state index is 0.0546. The van der Waals surface area contributed by atoms with E-state index in [2.05, 4.69) is 12.2 Å². The number of amides is 1. The van der Waals surface area contributed by atoms with Crippen LogP contribution in [0.15, 0.2) is 42.5 Å². The molecule has 2 aromatic rings. The zero-order valence-electron chi connectivity index (χ0n) is 14.1. The number of para-hydroxylation sites is 1. The summed E-state index contributed by atoms with van der Waals surface area (Å²) >= 11 is 0. The van der Waals surface area contributed by atoms with Gasteiger partial charge in [-0.1, -0.05) is 37.3 Å². The van der Waals surface area contributed by atoms with Gasteiger partial charge in [0.1, 0.15) is 5.75 Å². The highest BCUT2D eigenvalue weighted by molar-refractivity contribution is 5.87. The number of benzene rings is 2. The number of fused-ring (bicyclic) bond motifs is 1. The van der Waals surface area contributed by atoms with E-state index in [1.54, 1.807) is 12.1 Å². The summed E-state index contributed by atoms with van der Waals surface area (Å²) in [7, 11) is 0. The number of nitrogens with one attached hydrogen (secondary N) is 1. The molecule has 0 aromatic heterocycles. The van der Waals surface area contributed by atoms with Gasteiger partial charge in [-0.3, -0.25) is 4.79 Å². The monoisotopic (exact) mass is 339 g/mol. The Bertz CT molecular complexity index is 783. The van der Waals surface area contributed by atoms with E-state index < -0.39 is 5.97 Å². The van der Waals surface area contributed by atoms with E-state index in [0.717, 1.165) is 35.3 Å². The van der Waals surface area contributed by atoms with Gasteiger partial charge < -0.3 is 15.2 Å². The number of ether oxygens (including phenoxy) is 1. The molecule has 0 fully saturated rings. The van der Waals surface area contributed by atoms with E-state index in [9.17, 15) is 9.59 Å². The van der Waals surface area contributed by atoms with Crippen molar-refractivity contribution in [3.8, 4) is 5.75 Å². The van der Waals surface area contributed by atoms with Crippen LogP contribution in [-0.4, -0.2) is 23.6 Å². The summed E-state index contributed by atoms with van der Waals surface area (Å²) in [5.41, 5.74) is 3.19. The molecule has 130 valence electrons. The Morgan fingerprint density at radius 1 is 1.20 bits per heavy atom. The molecule has 1 heterocycles. The van der Waals surface area contributed by atoms with Crippen LogP contribution in [0.4, 0.5) is 0 Å². The summed E-state index contributed by atoms with van der Waals surface area (Å²) in [4.78, 5) is 23.3. The second-order valence-corrected chi connectivity index (χ2v) is 6.13. The summed E-state index contributed by atoms with van der Waals surface area (Å²) in [6.45, 7) is 2.67. The summed E-state index contributed by atoms with van der Waals surface area (Å²) in [6, 6.07) is 12.4. The van der Waals surface area contributed by atoms with E-state index in [4.69, 9.17) is 9.84 Å². The van der Waals surface area contributed by atoms with Crippen molar-refractivity contribution in [2.75, 3.05) is 6.61 Å². The van der Waals surface area contributed by atoms with Gasteiger partial charge in [-0.05, 0) is 29.7 Å². The van der Waals surface area contributed by atoms with Gasteiger partial charge in [-0.15, -0.1) is 0 Å². The molecule has 0 radical (unpaired) electrons. The number of carbonyl (C=O) groups excluding carboxylic acids is 1. The van der Waals surface area contributed by atoms with Crippen molar-refractivity contribution in [2.24, 2.45) is 0 Å². The maximum atomic E-state index is 12.4. The molecule has 3 rings (SSSR count). The molecule has 5 nitrogen and oxygen atoms in total. The first kappa shape index (κ1) is 17.0. The molecule has 25 heavy (non-hydrogen) atoms. The molecular formula is C20H21NO4. The average Bonchev–Trinajstić information content (AvgIpc) is 2.62. The molecular weight excluding hydrogens is 318 g/mol. The molecule has 1 aliphatic heterocycles. The topological polar surface area (TPSA) is 75.6 Å². The minimum Gasteiger partial charge on any atom is -0.493 e. The highest BCUT2D eigenvalue weighted by Crippen LogP contribution is 2.35. The number of aromatic carboxylic acids is 1. The number of carboxylic acids is 1. The first-order chi connectivity index (χ1) is 12.1. The minimum atomic E-state index is -0.971. The first-order valence-corrected chi connectivity index (χ1v) is 8.44. The maximum absolute atomic E-state index is 12.4.